The summed E-state index contributed by atoms with van der Waals surface area (Å²) in [6.07, 6.45) is 0. The van der Waals surface area contributed by atoms with Crippen molar-refractivity contribution in [1.29, 1.82) is 0 Å². The lowest BCUT2D eigenvalue weighted by molar-refractivity contribution is -0.114. The van der Waals surface area contributed by atoms with E-state index >= 15 is 0 Å². The number of esters is 1. The highest BCUT2D eigenvalue weighted by Gasteiger charge is 2.22. The molecule has 0 aliphatic heterocycles. The number of amides is 2. The average molecular weight is 470 g/mol. The molecular weight excluding hydrogens is 448 g/mol. The first-order valence-electron chi connectivity index (χ1n) is 10.8. The van der Waals surface area contributed by atoms with Crippen LogP contribution in [0.2, 0.25) is 0 Å². The summed E-state index contributed by atoms with van der Waals surface area (Å²) in [5.41, 5.74) is 1.52. The summed E-state index contributed by atoms with van der Waals surface area (Å²) in [5, 5.41) is 3.18. The molecule has 0 aliphatic rings. The van der Waals surface area contributed by atoms with Gasteiger partial charge in [-0.15, -0.1) is 0 Å². The van der Waals surface area contributed by atoms with Gasteiger partial charge in [0.25, 0.3) is 5.91 Å². The van der Waals surface area contributed by atoms with Crippen LogP contribution in [-0.4, -0.2) is 24.8 Å². The number of para-hydroxylation sites is 1. The number of nitrogens with zero attached hydrogens (tertiary/aromatic N) is 1. The van der Waals surface area contributed by atoms with Crippen LogP contribution in [0.1, 0.15) is 33.2 Å². The zero-order chi connectivity index (χ0) is 24.9. The molecule has 1 N–H and O–H groups in total. The third-order valence-corrected chi connectivity index (χ3v) is 5.33. The maximum atomic E-state index is 13.1. The molecule has 4 aromatic rings. The van der Waals surface area contributed by atoms with Crippen molar-refractivity contribution in [2.75, 3.05) is 17.3 Å². The molecule has 1 heterocycles. The van der Waals surface area contributed by atoms with Crippen LogP contribution in [0.25, 0.3) is 11.0 Å². The molecule has 0 spiro atoms. The Balaban J connectivity index is 1.57. The molecule has 176 valence electrons. The Morgan fingerprint density at radius 1 is 0.914 bits per heavy atom. The number of nitrogens with one attached hydrogen (secondary N) is 1. The number of carbonyl (C=O) groups excluding carboxylic acids is 3. The van der Waals surface area contributed by atoms with Gasteiger partial charge in [-0.2, -0.15) is 0 Å². The summed E-state index contributed by atoms with van der Waals surface area (Å²) in [5.74, 6) is -1.32. The molecule has 0 radical (unpaired) electrons. The van der Waals surface area contributed by atoms with E-state index in [1.165, 1.54) is 30.0 Å². The summed E-state index contributed by atoms with van der Waals surface area (Å²) >= 11 is 0. The van der Waals surface area contributed by atoms with E-state index in [-0.39, 0.29) is 35.1 Å². The maximum absolute atomic E-state index is 13.1. The molecule has 2 amide bonds. The summed E-state index contributed by atoms with van der Waals surface area (Å²) in [4.78, 5) is 50.9. The first-order chi connectivity index (χ1) is 16.8. The number of fused-ring (bicyclic) bond motifs is 1. The van der Waals surface area contributed by atoms with Gasteiger partial charge in [0, 0.05) is 48.4 Å². The van der Waals surface area contributed by atoms with Crippen LogP contribution in [0.15, 0.2) is 88.1 Å². The van der Waals surface area contributed by atoms with E-state index in [0.717, 1.165) is 0 Å². The fraction of sp³-hybridized carbons (Fsp3) is 0.111. The third kappa shape index (κ3) is 5.27. The van der Waals surface area contributed by atoms with Gasteiger partial charge in [-0.1, -0.05) is 30.3 Å². The van der Waals surface area contributed by atoms with Crippen LogP contribution in [0.3, 0.4) is 0 Å². The van der Waals surface area contributed by atoms with Crippen LogP contribution in [0, 0.1) is 0 Å². The molecule has 35 heavy (non-hydrogen) atoms. The van der Waals surface area contributed by atoms with Gasteiger partial charge < -0.3 is 19.4 Å². The highest BCUT2D eigenvalue weighted by molar-refractivity contribution is 6.12. The van der Waals surface area contributed by atoms with Crippen LogP contribution in [-0.2, 0) is 16.1 Å². The number of rotatable bonds is 6. The average Bonchev–Trinajstić information content (AvgIpc) is 2.86. The smallest absolute Gasteiger partial charge is 0.339 e. The van der Waals surface area contributed by atoms with Crippen molar-refractivity contribution < 1.29 is 23.5 Å². The lowest BCUT2D eigenvalue weighted by Gasteiger charge is -2.19. The van der Waals surface area contributed by atoms with E-state index in [1.54, 1.807) is 49.5 Å². The van der Waals surface area contributed by atoms with Crippen molar-refractivity contribution in [2.24, 2.45) is 0 Å². The second-order valence-electron chi connectivity index (χ2n) is 7.80. The van der Waals surface area contributed by atoms with E-state index in [0.29, 0.717) is 22.3 Å². The molecule has 0 bridgehead atoms. The second-order valence-corrected chi connectivity index (χ2v) is 7.80. The van der Waals surface area contributed by atoms with E-state index in [1.807, 2.05) is 18.2 Å². The van der Waals surface area contributed by atoms with E-state index < -0.39 is 11.6 Å². The molecule has 8 nitrogen and oxygen atoms in total. The van der Waals surface area contributed by atoms with Crippen LogP contribution < -0.4 is 15.8 Å². The molecular formula is C27H22N2O6. The van der Waals surface area contributed by atoms with Crippen LogP contribution in [0.5, 0.6) is 0 Å². The minimum atomic E-state index is -0.702. The first kappa shape index (κ1) is 23.4. The van der Waals surface area contributed by atoms with Gasteiger partial charge in [0.15, 0.2) is 0 Å². The topological polar surface area (TPSA) is 106 Å². The summed E-state index contributed by atoms with van der Waals surface area (Å²) in [7, 11) is 1.63. The molecule has 0 saturated carbocycles. The lowest BCUT2D eigenvalue weighted by Crippen LogP contribution is -2.28. The van der Waals surface area contributed by atoms with Crippen molar-refractivity contribution in [2.45, 2.75) is 13.5 Å². The number of hydrogen-bond donors (Lipinski definition) is 1. The van der Waals surface area contributed by atoms with Gasteiger partial charge in [0.1, 0.15) is 12.2 Å². The Bertz CT molecular complexity index is 1480. The van der Waals surface area contributed by atoms with Gasteiger partial charge in [-0.25, -0.2) is 9.59 Å². The SMILES string of the molecule is CC(=O)Nc1ccc2c(COC(=O)c3ccccc3C(=O)N(C)c3ccccc3)cc(=O)oc2c1. The highest BCUT2D eigenvalue weighted by Crippen LogP contribution is 2.23. The Labute approximate surface area is 200 Å². The molecule has 1 aromatic heterocycles. The number of benzene rings is 3. The van der Waals surface area contributed by atoms with Gasteiger partial charge in [0.05, 0.1) is 11.1 Å². The number of hydrogen-bond acceptors (Lipinski definition) is 6. The largest absolute Gasteiger partial charge is 0.457 e. The Kier molecular flexibility index (Phi) is 6.73. The standard InChI is InChI=1S/C27H22N2O6/c1-17(30)28-19-12-13-21-18(14-25(31)35-24(21)15-19)16-34-27(33)23-11-7-6-10-22(23)26(32)29(2)20-8-4-3-5-9-20/h3-15H,16H2,1-2H3,(H,28,30). The second kappa shape index (κ2) is 10.0. The van der Waals surface area contributed by atoms with Crippen LogP contribution in [0.4, 0.5) is 11.4 Å². The summed E-state index contributed by atoms with van der Waals surface area (Å²) < 4.78 is 10.7. The van der Waals surface area contributed by atoms with E-state index in [4.69, 9.17) is 9.15 Å². The van der Waals surface area contributed by atoms with Gasteiger partial charge >= 0.3 is 11.6 Å². The molecule has 0 saturated heterocycles. The molecule has 8 heteroatoms. The van der Waals surface area contributed by atoms with Gasteiger partial charge in [-0.3, -0.25) is 9.59 Å². The van der Waals surface area contributed by atoms with Crippen molar-refractivity contribution in [3.05, 3.63) is 106 Å². The molecule has 0 atom stereocenters. The van der Waals surface area contributed by atoms with E-state index in [9.17, 15) is 19.2 Å². The fourth-order valence-corrected chi connectivity index (χ4v) is 3.65. The zero-order valence-electron chi connectivity index (χ0n) is 19.1. The monoisotopic (exact) mass is 470 g/mol. The maximum Gasteiger partial charge on any atom is 0.339 e. The number of anilines is 2. The third-order valence-electron chi connectivity index (χ3n) is 5.33. The molecule has 0 unspecified atom stereocenters. The number of carbonyl (C=O) groups is 3. The highest BCUT2D eigenvalue weighted by atomic mass is 16.5. The van der Waals surface area contributed by atoms with E-state index in [2.05, 4.69) is 5.32 Å². The minimum absolute atomic E-state index is 0.112. The lowest BCUT2D eigenvalue weighted by atomic mass is 10.1. The van der Waals surface area contributed by atoms with Crippen LogP contribution >= 0.6 is 0 Å². The Hall–Kier alpha value is -4.72. The molecule has 0 aliphatic carbocycles. The predicted octanol–water partition coefficient (Wildman–Crippen LogP) is 4.39. The summed E-state index contributed by atoms with van der Waals surface area (Å²) in [6, 6.07) is 21.6. The van der Waals surface area contributed by atoms with Crippen molar-refractivity contribution >= 4 is 40.1 Å². The summed E-state index contributed by atoms with van der Waals surface area (Å²) in [6.45, 7) is 1.16. The first-order valence-corrected chi connectivity index (χ1v) is 10.8. The number of ether oxygens (including phenoxy) is 1. The normalized spacial score (nSPS) is 10.6. The molecule has 4 rings (SSSR count). The van der Waals surface area contributed by atoms with Crippen molar-refractivity contribution in [1.82, 2.24) is 0 Å². The van der Waals surface area contributed by atoms with Crippen molar-refractivity contribution in [3.63, 3.8) is 0 Å². The van der Waals surface area contributed by atoms with Crippen molar-refractivity contribution in [3.8, 4) is 0 Å². The minimum Gasteiger partial charge on any atom is -0.457 e. The predicted molar refractivity (Wildman–Crippen MR) is 132 cm³/mol. The Morgan fingerprint density at radius 2 is 1.60 bits per heavy atom. The van der Waals surface area contributed by atoms with Gasteiger partial charge in [-0.05, 0) is 36.4 Å². The fourth-order valence-electron chi connectivity index (χ4n) is 3.65. The zero-order valence-corrected chi connectivity index (χ0v) is 19.1. The van der Waals surface area contributed by atoms with Gasteiger partial charge in [0.2, 0.25) is 5.91 Å². The molecule has 3 aromatic carbocycles. The molecule has 0 fully saturated rings. The Morgan fingerprint density at radius 3 is 2.31 bits per heavy atom. The quantitative estimate of drug-likeness (QED) is 0.331.